The first-order chi connectivity index (χ1) is 7.42. The van der Waals surface area contributed by atoms with Gasteiger partial charge in [0.15, 0.2) is 0 Å². The minimum Gasteiger partial charge on any atom is -0.312 e. The highest BCUT2D eigenvalue weighted by Crippen LogP contribution is 2.23. The van der Waals surface area contributed by atoms with Gasteiger partial charge in [-0.05, 0) is 45.3 Å². The first-order valence-corrected chi connectivity index (χ1v) is 6.89. The molecule has 0 aliphatic carbocycles. The molecule has 0 aromatic heterocycles. The largest absolute Gasteiger partial charge is 0.312 e. The molecule has 2 aliphatic rings. The molecule has 0 radical (unpaired) electrons. The van der Waals surface area contributed by atoms with Crippen LogP contribution in [0.4, 0.5) is 0 Å². The molecule has 2 nitrogen and oxygen atoms in total. The fourth-order valence-electron chi connectivity index (χ4n) is 3.25. The fourth-order valence-corrected chi connectivity index (χ4v) is 3.25. The SMILES string of the molecule is CCN1CCCC[C@H]1[C@@H]1CCCCCN1. The Bertz CT molecular complexity index is 173. The Morgan fingerprint density at radius 3 is 2.80 bits per heavy atom. The number of likely N-dealkylation sites (N-methyl/N-ethyl adjacent to an activating group) is 1. The number of nitrogens with zero attached hydrogens (tertiary/aromatic N) is 1. The lowest BCUT2D eigenvalue weighted by molar-refractivity contribution is 0.119. The van der Waals surface area contributed by atoms with E-state index < -0.39 is 0 Å². The number of hydrogen-bond acceptors (Lipinski definition) is 2. The van der Waals surface area contributed by atoms with Gasteiger partial charge in [0.05, 0.1) is 0 Å². The van der Waals surface area contributed by atoms with Gasteiger partial charge < -0.3 is 5.32 Å². The number of rotatable bonds is 2. The average molecular weight is 210 g/mol. The third-order valence-corrected chi connectivity index (χ3v) is 4.13. The summed E-state index contributed by atoms with van der Waals surface area (Å²) in [5, 5.41) is 3.77. The van der Waals surface area contributed by atoms with E-state index in [1.807, 2.05) is 0 Å². The summed E-state index contributed by atoms with van der Waals surface area (Å²) in [4.78, 5) is 2.70. The fraction of sp³-hybridized carbons (Fsp3) is 1.00. The van der Waals surface area contributed by atoms with Gasteiger partial charge in [-0.25, -0.2) is 0 Å². The normalized spacial score (nSPS) is 35.0. The van der Waals surface area contributed by atoms with Gasteiger partial charge >= 0.3 is 0 Å². The number of nitrogens with one attached hydrogen (secondary N) is 1. The molecule has 0 aromatic carbocycles. The highest BCUT2D eigenvalue weighted by Gasteiger charge is 2.28. The summed E-state index contributed by atoms with van der Waals surface area (Å²) in [6.45, 7) is 6.13. The van der Waals surface area contributed by atoms with Crippen LogP contribution in [0, 0.1) is 0 Å². The minimum atomic E-state index is 0.785. The Labute approximate surface area is 94.4 Å². The molecule has 2 rings (SSSR count). The lowest BCUT2D eigenvalue weighted by Gasteiger charge is -2.40. The van der Waals surface area contributed by atoms with Crippen molar-refractivity contribution in [2.45, 2.75) is 64.0 Å². The molecule has 0 spiro atoms. The molecular weight excluding hydrogens is 184 g/mol. The van der Waals surface area contributed by atoms with Crippen molar-refractivity contribution in [2.75, 3.05) is 19.6 Å². The topological polar surface area (TPSA) is 15.3 Å². The van der Waals surface area contributed by atoms with Crippen LogP contribution in [0.5, 0.6) is 0 Å². The van der Waals surface area contributed by atoms with E-state index in [0.717, 1.165) is 12.1 Å². The van der Waals surface area contributed by atoms with E-state index in [1.165, 1.54) is 64.6 Å². The Morgan fingerprint density at radius 2 is 1.93 bits per heavy atom. The summed E-state index contributed by atoms with van der Waals surface area (Å²) in [5.74, 6) is 0. The smallest absolute Gasteiger partial charge is 0.0249 e. The van der Waals surface area contributed by atoms with Gasteiger partial charge in [0.2, 0.25) is 0 Å². The quantitative estimate of drug-likeness (QED) is 0.753. The summed E-state index contributed by atoms with van der Waals surface area (Å²) in [5.41, 5.74) is 0. The molecule has 15 heavy (non-hydrogen) atoms. The monoisotopic (exact) mass is 210 g/mol. The van der Waals surface area contributed by atoms with Crippen LogP contribution >= 0.6 is 0 Å². The highest BCUT2D eigenvalue weighted by atomic mass is 15.2. The summed E-state index contributed by atoms with van der Waals surface area (Å²) < 4.78 is 0. The van der Waals surface area contributed by atoms with Crippen molar-refractivity contribution in [1.82, 2.24) is 10.2 Å². The predicted molar refractivity (Wildman–Crippen MR) is 65.1 cm³/mol. The highest BCUT2D eigenvalue weighted by molar-refractivity contribution is 4.88. The maximum Gasteiger partial charge on any atom is 0.0249 e. The molecule has 0 saturated carbocycles. The van der Waals surface area contributed by atoms with Gasteiger partial charge in [-0.2, -0.15) is 0 Å². The van der Waals surface area contributed by atoms with E-state index >= 15 is 0 Å². The lowest BCUT2D eigenvalue weighted by Crippen LogP contribution is -2.51. The second-order valence-electron chi connectivity index (χ2n) is 5.10. The van der Waals surface area contributed by atoms with E-state index in [-0.39, 0.29) is 0 Å². The summed E-state index contributed by atoms with van der Waals surface area (Å²) >= 11 is 0. The molecule has 0 amide bonds. The van der Waals surface area contributed by atoms with E-state index in [0.29, 0.717) is 0 Å². The molecule has 88 valence electrons. The maximum absolute atomic E-state index is 3.77. The van der Waals surface area contributed by atoms with Crippen molar-refractivity contribution in [3.8, 4) is 0 Å². The molecule has 2 heterocycles. The van der Waals surface area contributed by atoms with E-state index in [2.05, 4.69) is 17.1 Å². The Kier molecular flexibility index (Phi) is 4.45. The molecule has 2 saturated heterocycles. The standard InChI is InChI=1S/C13H26N2/c1-2-15-11-7-5-9-13(15)12-8-4-3-6-10-14-12/h12-14H,2-11H2,1H3/t12-,13-/m0/s1. The predicted octanol–water partition coefficient (Wildman–Crippen LogP) is 2.39. The van der Waals surface area contributed by atoms with Crippen molar-refractivity contribution < 1.29 is 0 Å². The zero-order valence-corrected chi connectivity index (χ0v) is 10.2. The van der Waals surface area contributed by atoms with Crippen LogP contribution in [0.3, 0.4) is 0 Å². The summed E-state index contributed by atoms with van der Waals surface area (Å²) in [6, 6.07) is 1.62. The van der Waals surface area contributed by atoms with Gasteiger partial charge in [-0.1, -0.05) is 26.2 Å². The van der Waals surface area contributed by atoms with Gasteiger partial charge in [-0.3, -0.25) is 4.90 Å². The summed E-state index contributed by atoms with van der Waals surface area (Å²) in [6.07, 6.45) is 9.94. The average Bonchev–Trinajstić information content (AvgIpc) is 2.57. The van der Waals surface area contributed by atoms with Crippen molar-refractivity contribution >= 4 is 0 Å². The van der Waals surface area contributed by atoms with Crippen molar-refractivity contribution in [2.24, 2.45) is 0 Å². The lowest BCUT2D eigenvalue weighted by atomic mass is 9.93. The van der Waals surface area contributed by atoms with Crippen LogP contribution in [0.25, 0.3) is 0 Å². The van der Waals surface area contributed by atoms with Crippen molar-refractivity contribution in [1.29, 1.82) is 0 Å². The van der Waals surface area contributed by atoms with Crippen molar-refractivity contribution in [3.05, 3.63) is 0 Å². The van der Waals surface area contributed by atoms with E-state index in [1.54, 1.807) is 0 Å². The molecule has 2 fully saturated rings. The van der Waals surface area contributed by atoms with Crippen molar-refractivity contribution in [3.63, 3.8) is 0 Å². The Hall–Kier alpha value is -0.0800. The third kappa shape index (κ3) is 2.94. The van der Waals surface area contributed by atoms with E-state index in [4.69, 9.17) is 0 Å². The second kappa shape index (κ2) is 5.86. The van der Waals surface area contributed by atoms with Gasteiger partial charge in [-0.15, -0.1) is 0 Å². The molecular formula is C13H26N2. The third-order valence-electron chi connectivity index (χ3n) is 4.13. The first-order valence-electron chi connectivity index (χ1n) is 6.89. The zero-order chi connectivity index (χ0) is 10.5. The van der Waals surface area contributed by atoms with Crippen LogP contribution in [0.1, 0.15) is 51.9 Å². The molecule has 2 heteroatoms. The molecule has 2 atom stereocenters. The molecule has 2 aliphatic heterocycles. The van der Waals surface area contributed by atoms with Gasteiger partial charge in [0.1, 0.15) is 0 Å². The van der Waals surface area contributed by atoms with Crippen LogP contribution in [-0.4, -0.2) is 36.6 Å². The molecule has 0 bridgehead atoms. The van der Waals surface area contributed by atoms with Crippen LogP contribution < -0.4 is 5.32 Å². The van der Waals surface area contributed by atoms with Gasteiger partial charge in [0.25, 0.3) is 0 Å². The number of hydrogen-bond donors (Lipinski definition) is 1. The molecule has 0 aromatic rings. The number of likely N-dealkylation sites (tertiary alicyclic amines) is 1. The van der Waals surface area contributed by atoms with Crippen LogP contribution in [0.15, 0.2) is 0 Å². The Morgan fingerprint density at radius 1 is 1.07 bits per heavy atom. The van der Waals surface area contributed by atoms with Gasteiger partial charge in [0, 0.05) is 12.1 Å². The van der Waals surface area contributed by atoms with E-state index in [9.17, 15) is 0 Å². The number of piperidine rings is 1. The van der Waals surface area contributed by atoms with Crippen LogP contribution in [0.2, 0.25) is 0 Å². The zero-order valence-electron chi connectivity index (χ0n) is 10.2. The Balaban J connectivity index is 1.92. The maximum atomic E-state index is 3.77. The molecule has 0 unspecified atom stereocenters. The van der Waals surface area contributed by atoms with Crippen LogP contribution in [-0.2, 0) is 0 Å². The second-order valence-corrected chi connectivity index (χ2v) is 5.10. The summed E-state index contributed by atoms with van der Waals surface area (Å²) in [7, 11) is 0. The molecule has 1 N–H and O–H groups in total. The first kappa shape index (κ1) is 11.4. The minimum absolute atomic E-state index is 0.785.